The summed E-state index contributed by atoms with van der Waals surface area (Å²) in [5.74, 6) is 0.836. The molecular formula is C17H16ClNO2. The molecule has 4 heteroatoms. The van der Waals surface area contributed by atoms with Gasteiger partial charge in [-0.1, -0.05) is 23.7 Å². The van der Waals surface area contributed by atoms with Gasteiger partial charge in [0, 0.05) is 10.7 Å². The highest BCUT2D eigenvalue weighted by Crippen LogP contribution is 2.49. The lowest BCUT2D eigenvalue weighted by Crippen LogP contribution is -2.27. The minimum absolute atomic E-state index is 0.0370. The molecule has 1 N–H and O–H groups in total. The molecule has 21 heavy (non-hydrogen) atoms. The smallest absolute Gasteiger partial charge is 0.235 e. The fourth-order valence-corrected chi connectivity index (χ4v) is 2.59. The molecule has 108 valence electrons. The number of rotatable bonds is 4. The topological polar surface area (TPSA) is 38.3 Å². The summed E-state index contributed by atoms with van der Waals surface area (Å²) in [6.07, 6.45) is 1.75. The zero-order chi connectivity index (χ0) is 14.9. The van der Waals surface area contributed by atoms with E-state index in [4.69, 9.17) is 16.3 Å². The van der Waals surface area contributed by atoms with E-state index in [1.807, 2.05) is 36.4 Å². The van der Waals surface area contributed by atoms with Gasteiger partial charge in [-0.3, -0.25) is 4.79 Å². The van der Waals surface area contributed by atoms with Gasteiger partial charge in [0.1, 0.15) is 5.75 Å². The van der Waals surface area contributed by atoms with Crippen LogP contribution in [-0.2, 0) is 10.2 Å². The fraction of sp³-hybridized carbons (Fsp3) is 0.235. The summed E-state index contributed by atoms with van der Waals surface area (Å²) in [7, 11) is 1.63. The molecule has 0 atom stereocenters. The lowest BCUT2D eigenvalue weighted by molar-refractivity contribution is -0.118. The van der Waals surface area contributed by atoms with E-state index in [0.717, 1.165) is 29.8 Å². The monoisotopic (exact) mass is 301 g/mol. The number of carbonyl (C=O) groups is 1. The second-order valence-electron chi connectivity index (χ2n) is 5.27. The minimum atomic E-state index is -0.397. The number of methoxy groups -OCH3 is 1. The van der Waals surface area contributed by atoms with Crippen LogP contribution in [0.1, 0.15) is 18.4 Å². The Hall–Kier alpha value is -2.00. The number of hydrogen-bond donors (Lipinski definition) is 1. The van der Waals surface area contributed by atoms with E-state index in [9.17, 15) is 4.79 Å². The van der Waals surface area contributed by atoms with Crippen LogP contribution >= 0.6 is 11.6 Å². The SMILES string of the molecule is COc1ccc(C2(C(=O)Nc3ccc(Cl)cc3)CC2)cc1. The van der Waals surface area contributed by atoms with E-state index in [1.54, 1.807) is 19.2 Å². The number of hydrogen-bond acceptors (Lipinski definition) is 2. The van der Waals surface area contributed by atoms with E-state index in [-0.39, 0.29) is 5.91 Å². The number of carbonyl (C=O) groups excluding carboxylic acids is 1. The average Bonchev–Trinajstić information content (AvgIpc) is 3.31. The van der Waals surface area contributed by atoms with E-state index >= 15 is 0 Å². The summed E-state index contributed by atoms with van der Waals surface area (Å²) in [5, 5.41) is 3.63. The molecule has 0 unspecified atom stereocenters. The van der Waals surface area contributed by atoms with Crippen LogP contribution in [0, 0.1) is 0 Å². The van der Waals surface area contributed by atoms with E-state index in [1.165, 1.54) is 0 Å². The highest BCUT2D eigenvalue weighted by molar-refractivity contribution is 6.30. The average molecular weight is 302 g/mol. The van der Waals surface area contributed by atoms with Crippen LogP contribution in [0.2, 0.25) is 5.02 Å². The largest absolute Gasteiger partial charge is 0.497 e. The molecule has 3 nitrogen and oxygen atoms in total. The van der Waals surface area contributed by atoms with Crippen LogP contribution in [0.15, 0.2) is 48.5 Å². The molecule has 0 bridgehead atoms. The van der Waals surface area contributed by atoms with Crippen molar-refractivity contribution in [2.45, 2.75) is 18.3 Å². The highest BCUT2D eigenvalue weighted by atomic mass is 35.5. The highest BCUT2D eigenvalue weighted by Gasteiger charge is 2.51. The predicted molar refractivity (Wildman–Crippen MR) is 84.0 cm³/mol. The first-order chi connectivity index (χ1) is 10.1. The molecule has 1 amide bonds. The molecule has 0 aliphatic heterocycles. The zero-order valence-corrected chi connectivity index (χ0v) is 12.5. The van der Waals surface area contributed by atoms with Crippen LogP contribution < -0.4 is 10.1 Å². The molecule has 2 aromatic rings. The van der Waals surface area contributed by atoms with E-state index in [2.05, 4.69) is 5.32 Å². The number of amides is 1. The third-order valence-electron chi connectivity index (χ3n) is 3.93. The Morgan fingerprint density at radius 3 is 2.24 bits per heavy atom. The third kappa shape index (κ3) is 2.74. The molecule has 0 saturated heterocycles. The molecule has 1 aliphatic carbocycles. The van der Waals surface area contributed by atoms with Crippen LogP contribution in [0.4, 0.5) is 5.69 Å². The van der Waals surface area contributed by atoms with Crippen molar-refractivity contribution in [3.05, 3.63) is 59.1 Å². The van der Waals surface area contributed by atoms with Crippen molar-refractivity contribution >= 4 is 23.2 Å². The minimum Gasteiger partial charge on any atom is -0.497 e. The van der Waals surface area contributed by atoms with E-state index in [0.29, 0.717) is 5.02 Å². The van der Waals surface area contributed by atoms with E-state index < -0.39 is 5.41 Å². The van der Waals surface area contributed by atoms with Crippen LogP contribution in [0.3, 0.4) is 0 Å². The van der Waals surface area contributed by atoms with Crippen LogP contribution in [0.5, 0.6) is 5.75 Å². The predicted octanol–water partition coefficient (Wildman–Crippen LogP) is 4.02. The normalized spacial score (nSPS) is 15.3. The fourth-order valence-electron chi connectivity index (χ4n) is 2.47. The zero-order valence-electron chi connectivity index (χ0n) is 11.7. The molecule has 2 aromatic carbocycles. The summed E-state index contributed by atoms with van der Waals surface area (Å²) in [5.41, 5.74) is 1.41. The van der Waals surface area contributed by atoms with Gasteiger partial charge in [0.2, 0.25) is 5.91 Å². The summed E-state index contributed by atoms with van der Waals surface area (Å²) in [6.45, 7) is 0. The Bertz CT molecular complexity index is 645. The Morgan fingerprint density at radius 2 is 1.71 bits per heavy atom. The second kappa shape index (κ2) is 5.41. The first-order valence-electron chi connectivity index (χ1n) is 6.86. The lowest BCUT2D eigenvalue weighted by Gasteiger charge is -2.16. The van der Waals surface area contributed by atoms with Crippen molar-refractivity contribution in [1.82, 2.24) is 0 Å². The Balaban J connectivity index is 1.78. The van der Waals surface area contributed by atoms with Gasteiger partial charge < -0.3 is 10.1 Å². The van der Waals surface area contributed by atoms with Gasteiger partial charge in [-0.15, -0.1) is 0 Å². The molecule has 3 rings (SSSR count). The van der Waals surface area contributed by atoms with Gasteiger partial charge in [-0.25, -0.2) is 0 Å². The van der Waals surface area contributed by atoms with Gasteiger partial charge in [-0.2, -0.15) is 0 Å². The van der Waals surface area contributed by atoms with Gasteiger partial charge in [0.05, 0.1) is 12.5 Å². The maximum atomic E-state index is 12.6. The first-order valence-corrected chi connectivity index (χ1v) is 7.23. The standard InChI is InChI=1S/C17H16ClNO2/c1-21-15-8-2-12(3-9-15)17(10-11-17)16(20)19-14-6-4-13(18)5-7-14/h2-9H,10-11H2,1H3,(H,19,20). The molecule has 1 aliphatic rings. The van der Waals surface area contributed by atoms with Crippen molar-refractivity contribution in [3.63, 3.8) is 0 Å². The summed E-state index contributed by atoms with van der Waals surface area (Å²) in [4.78, 5) is 12.6. The van der Waals surface area contributed by atoms with Gasteiger partial charge in [0.15, 0.2) is 0 Å². The second-order valence-corrected chi connectivity index (χ2v) is 5.71. The van der Waals surface area contributed by atoms with Crippen molar-refractivity contribution < 1.29 is 9.53 Å². The number of halogens is 1. The van der Waals surface area contributed by atoms with Gasteiger partial charge in [-0.05, 0) is 54.8 Å². The Morgan fingerprint density at radius 1 is 1.10 bits per heavy atom. The summed E-state index contributed by atoms with van der Waals surface area (Å²) < 4.78 is 5.16. The van der Waals surface area contributed by atoms with Crippen LogP contribution in [0.25, 0.3) is 0 Å². The molecule has 0 heterocycles. The van der Waals surface area contributed by atoms with Crippen molar-refractivity contribution in [2.75, 3.05) is 12.4 Å². The maximum absolute atomic E-state index is 12.6. The molecular weight excluding hydrogens is 286 g/mol. The van der Waals surface area contributed by atoms with Crippen molar-refractivity contribution in [1.29, 1.82) is 0 Å². The van der Waals surface area contributed by atoms with Crippen LogP contribution in [-0.4, -0.2) is 13.0 Å². The maximum Gasteiger partial charge on any atom is 0.235 e. The molecule has 0 aromatic heterocycles. The van der Waals surface area contributed by atoms with Crippen molar-refractivity contribution in [3.8, 4) is 5.75 Å². The third-order valence-corrected chi connectivity index (χ3v) is 4.18. The first kappa shape index (κ1) is 14.0. The number of ether oxygens (including phenoxy) is 1. The molecule has 1 fully saturated rings. The summed E-state index contributed by atoms with van der Waals surface area (Å²) in [6, 6.07) is 14.9. The van der Waals surface area contributed by atoms with Gasteiger partial charge in [0.25, 0.3) is 0 Å². The lowest BCUT2D eigenvalue weighted by atomic mass is 9.95. The number of benzene rings is 2. The van der Waals surface area contributed by atoms with Gasteiger partial charge >= 0.3 is 0 Å². The quantitative estimate of drug-likeness (QED) is 0.926. The Labute approximate surface area is 128 Å². The number of nitrogens with one attached hydrogen (secondary N) is 1. The van der Waals surface area contributed by atoms with Crippen molar-refractivity contribution in [2.24, 2.45) is 0 Å². The number of anilines is 1. The Kier molecular flexibility index (Phi) is 3.60. The summed E-state index contributed by atoms with van der Waals surface area (Å²) >= 11 is 5.85. The molecule has 0 radical (unpaired) electrons. The molecule has 0 spiro atoms. The molecule has 1 saturated carbocycles.